The van der Waals surface area contributed by atoms with Crippen molar-refractivity contribution in [3.63, 3.8) is 0 Å². The second-order valence-electron chi connectivity index (χ2n) is 4.28. The Hall–Kier alpha value is -0.540. The molecule has 0 aromatic heterocycles. The molecule has 1 atom stereocenters. The van der Waals surface area contributed by atoms with E-state index in [0.717, 1.165) is 17.5 Å². The normalized spacial score (nSPS) is 17.7. The molecule has 1 aromatic rings. The summed E-state index contributed by atoms with van der Waals surface area (Å²) >= 11 is 1.63. The van der Waals surface area contributed by atoms with Crippen LogP contribution >= 0.6 is 11.9 Å². The third-order valence-electron chi connectivity index (χ3n) is 2.86. The van der Waals surface area contributed by atoms with Gasteiger partial charge in [-0.25, -0.2) is 4.39 Å². The highest BCUT2D eigenvalue weighted by molar-refractivity contribution is 7.97. The lowest BCUT2D eigenvalue weighted by molar-refractivity contribution is 0.487. The van der Waals surface area contributed by atoms with Gasteiger partial charge in [0.2, 0.25) is 0 Å². The van der Waals surface area contributed by atoms with E-state index >= 15 is 0 Å². The third-order valence-corrected chi connectivity index (χ3v) is 3.80. The highest BCUT2D eigenvalue weighted by Crippen LogP contribution is 2.40. The fourth-order valence-electron chi connectivity index (χ4n) is 1.90. The summed E-state index contributed by atoms with van der Waals surface area (Å²) in [6.07, 6.45) is 0.756. The molecule has 1 aromatic carbocycles. The Morgan fingerprint density at radius 1 is 1.35 bits per heavy atom. The van der Waals surface area contributed by atoms with Crippen LogP contribution in [0.2, 0.25) is 0 Å². The predicted molar refractivity (Wildman–Crippen MR) is 73.7 cm³/mol. The van der Waals surface area contributed by atoms with Gasteiger partial charge in [0.15, 0.2) is 0 Å². The first-order valence-electron chi connectivity index (χ1n) is 6.38. The first kappa shape index (κ1) is 14.5. The van der Waals surface area contributed by atoms with Crippen molar-refractivity contribution in [1.82, 2.24) is 4.72 Å². The van der Waals surface area contributed by atoms with E-state index in [1.54, 1.807) is 18.0 Å². The molecular formula is C14H22FNS. The molecule has 0 radical (unpaired) electrons. The molecular weight excluding hydrogens is 233 g/mol. The zero-order chi connectivity index (χ0) is 13.0. The van der Waals surface area contributed by atoms with Gasteiger partial charge in [-0.2, -0.15) is 0 Å². The van der Waals surface area contributed by atoms with Gasteiger partial charge in [0.25, 0.3) is 0 Å². The Kier molecular flexibility index (Phi) is 5.47. The fourth-order valence-corrected chi connectivity index (χ4v) is 3.06. The molecule has 17 heavy (non-hydrogen) atoms. The summed E-state index contributed by atoms with van der Waals surface area (Å²) in [6.45, 7) is 10.3. The van der Waals surface area contributed by atoms with Crippen molar-refractivity contribution in [1.29, 1.82) is 0 Å². The van der Waals surface area contributed by atoms with Crippen molar-refractivity contribution in [2.24, 2.45) is 5.92 Å². The van der Waals surface area contributed by atoms with Crippen LogP contribution in [0.25, 0.3) is 0 Å². The standard InChI is InChI=1S/C12H16FNS.C2H6/c1-4-8-5-11-9(6-10(8)13)12(7(2)3)14-15-11;1-2/h5-7,12,14H,4H2,1-3H3;1-2H3. The molecule has 96 valence electrons. The number of nitrogens with one attached hydrogen (secondary N) is 1. The van der Waals surface area contributed by atoms with E-state index < -0.39 is 0 Å². The number of fused-ring (bicyclic) bond motifs is 1. The summed E-state index contributed by atoms with van der Waals surface area (Å²) in [7, 11) is 0. The Labute approximate surface area is 108 Å². The Morgan fingerprint density at radius 2 is 2.00 bits per heavy atom. The number of benzene rings is 1. The molecule has 0 saturated heterocycles. The molecule has 1 nitrogen and oxygen atoms in total. The monoisotopic (exact) mass is 255 g/mol. The van der Waals surface area contributed by atoms with Gasteiger partial charge < -0.3 is 0 Å². The molecule has 0 saturated carbocycles. The molecule has 0 amide bonds. The Balaban J connectivity index is 0.000000686. The van der Waals surface area contributed by atoms with Crippen LogP contribution in [0.15, 0.2) is 17.0 Å². The second-order valence-corrected chi connectivity index (χ2v) is 5.16. The van der Waals surface area contributed by atoms with Gasteiger partial charge in [-0.15, -0.1) is 0 Å². The fraction of sp³-hybridized carbons (Fsp3) is 0.571. The first-order chi connectivity index (χ1) is 8.13. The summed E-state index contributed by atoms with van der Waals surface area (Å²) in [4.78, 5) is 1.19. The van der Waals surface area contributed by atoms with Crippen LogP contribution < -0.4 is 4.72 Å². The van der Waals surface area contributed by atoms with E-state index in [1.165, 1.54) is 4.90 Å². The van der Waals surface area contributed by atoms with Crippen molar-refractivity contribution in [3.05, 3.63) is 29.1 Å². The van der Waals surface area contributed by atoms with E-state index in [0.29, 0.717) is 5.92 Å². The van der Waals surface area contributed by atoms with Gasteiger partial charge >= 0.3 is 0 Å². The molecule has 1 N–H and O–H groups in total. The largest absolute Gasteiger partial charge is 0.252 e. The highest BCUT2D eigenvalue weighted by Gasteiger charge is 2.26. The molecule has 0 bridgehead atoms. The van der Waals surface area contributed by atoms with Gasteiger partial charge in [-0.05, 0) is 47.5 Å². The van der Waals surface area contributed by atoms with Gasteiger partial charge in [0, 0.05) is 10.9 Å². The minimum absolute atomic E-state index is 0.0637. The lowest BCUT2D eigenvalue weighted by Crippen LogP contribution is -2.14. The third kappa shape index (κ3) is 3.02. The zero-order valence-corrected chi connectivity index (χ0v) is 12.1. The van der Waals surface area contributed by atoms with Gasteiger partial charge in [-0.1, -0.05) is 34.6 Å². The maximum atomic E-state index is 13.6. The van der Waals surface area contributed by atoms with Crippen molar-refractivity contribution < 1.29 is 4.39 Å². The van der Waals surface area contributed by atoms with Crippen LogP contribution in [-0.2, 0) is 6.42 Å². The lowest BCUT2D eigenvalue weighted by Gasteiger charge is -2.15. The van der Waals surface area contributed by atoms with E-state index in [4.69, 9.17) is 0 Å². The van der Waals surface area contributed by atoms with Gasteiger partial charge in [0.05, 0.1) is 0 Å². The molecule has 3 heteroatoms. The molecule has 1 heterocycles. The van der Waals surface area contributed by atoms with E-state index in [-0.39, 0.29) is 11.9 Å². The van der Waals surface area contributed by atoms with Crippen molar-refractivity contribution in [2.75, 3.05) is 0 Å². The number of hydrogen-bond donors (Lipinski definition) is 1. The summed E-state index contributed by atoms with van der Waals surface area (Å²) in [5, 5.41) is 0. The topological polar surface area (TPSA) is 12.0 Å². The van der Waals surface area contributed by atoms with E-state index in [1.807, 2.05) is 26.8 Å². The molecule has 1 unspecified atom stereocenters. The van der Waals surface area contributed by atoms with Crippen LogP contribution in [0.5, 0.6) is 0 Å². The molecule has 0 spiro atoms. The smallest absolute Gasteiger partial charge is 0.126 e. The average molecular weight is 255 g/mol. The highest BCUT2D eigenvalue weighted by atomic mass is 32.2. The van der Waals surface area contributed by atoms with Gasteiger partial charge in [-0.3, -0.25) is 4.72 Å². The van der Waals surface area contributed by atoms with Crippen LogP contribution in [-0.4, -0.2) is 0 Å². The minimum atomic E-state index is -0.0637. The lowest BCUT2D eigenvalue weighted by atomic mass is 9.95. The minimum Gasteiger partial charge on any atom is -0.252 e. The summed E-state index contributed by atoms with van der Waals surface area (Å²) in [5.74, 6) is 0.428. The van der Waals surface area contributed by atoms with E-state index in [9.17, 15) is 4.39 Å². The quantitative estimate of drug-likeness (QED) is 0.767. The predicted octanol–water partition coefficient (Wildman–Crippen LogP) is 4.72. The molecule has 0 aliphatic carbocycles. The second kappa shape index (κ2) is 6.41. The van der Waals surface area contributed by atoms with E-state index in [2.05, 4.69) is 18.6 Å². The number of rotatable bonds is 2. The molecule has 1 aliphatic heterocycles. The summed E-state index contributed by atoms with van der Waals surface area (Å²) in [5.41, 5.74) is 1.93. The Morgan fingerprint density at radius 3 is 2.53 bits per heavy atom. The Bertz CT molecular complexity index is 377. The number of hydrogen-bond acceptors (Lipinski definition) is 2. The molecule has 0 fully saturated rings. The maximum Gasteiger partial charge on any atom is 0.126 e. The van der Waals surface area contributed by atoms with Crippen LogP contribution in [0, 0.1) is 11.7 Å². The zero-order valence-electron chi connectivity index (χ0n) is 11.3. The maximum absolute atomic E-state index is 13.6. The summed E-state index contributed by atoms with van der Waals surface area (Å²) in [6, 6.07) is 3.96. The van der Waals surface area contributed by atoms with Crippen LogP contribution in [0.3, 0.4) is 0 Å². The van der Waals surface area contributed by atoms with Crippen LogP contribution in [0.4, 0.5) is 4.39 Å². The molecule has 2 rings (SSSR count). The average Bonchev–Trinajstić information content (AvgIpc) is 2.73. The number of halogens is 1. The summed E-state index contributed by atoms with van der Waals surface area (Å²) < 4.78 is 17.0. The first-order valence-corrected chi connectivity index (χ1v) is 7.19. The van der Waals surface area contributed by atoms with Crippen molar-refractivity contribution in [2.45, 2.75) is 52.0 Å². The molecule has 1 aliphatic rings. The van der Waals surface area contributed by atoms with Gasteiger partial charge in [0.1, 0.15) is 5.82 Å². The van der Waals surface area contributed by atoms with Crippen molar-refractivity contribution in [3.8, 4) is 0 Å². The van der Waals surface area contributed by atoms with Crippen molar-refractivity contribution >= 4 is 11.9 Å². The number of aryl methyl sites for hydroxylation is 1. The SMILES string of the molecule is CC.CCc1cc2c(cc1F)C(C(C)C)NS2. The van der Waals surface area contributed by atoms with Crippen LogP contribution in [0.1, 0.15) is 51.8 Å².